The van der Waals surface area contributed by atoms with Crippen molar-refractivity contribution in [2.45, 2.75) is 17.9 Å². The van der Waals surface area contributed by atoms with Crippen LogP contribution in [-0.2, 0) is 14.8 Å². The maximum atomic E-state index is 13.5. The first kappa shape index (κ1) is 24.3. The van der Waals surface area contributed by atoms with Gasteiger partial charge in [-0.3, -0.25) is 9.10 Å². The van der Waals surface area contributed by atoms with Crippen LogP contribution in [0.4, 0.5) is 10.1 Å². The summed E-state index contributed by atoms with van der Waals surface area (Å²) in [5.41, 5.74) is 1.22. The van der Waals surface area contributed by atoms with Crippen LogP contribution in [0, 0.1) is 12.7 Å². The summed E-state index contributed by atoms with van der Waals surface area (Å²) in [5.74, 6) is 0.443. The number of rotatable bonds is 8. The van der Waals surface area contributed by atoms with Crippen molar-refractivity contribution in [1.29, 1.82) is 0 Å². The number of carbonyl (C=O) groups is 1. The van der Waals surface area contributed by atoms with Gasteiger partial charge in [0.1, 0.15) is 29.7 Å². The van der Waals surface area contributed by atoms with E-state index in [0.29, 0.717) is 22.9 Å². The highest BCUT2D eigenvalue weighted by Gasteiger charge is 2.37. The number of halogens is 1. The number of amides is 1. The monoisotopic (exact) mass is 500 g/mol. The van der Waals surface area contributed by atoms with Gasteiger partial charge < -0.3 is 19.5 Å². The van der Waals surface area contributed by atoms with E-state index < -0.39 is 22.0 Å². The lowest BCUT2D eigenvalue weighted by atomic mass is 10.1. The molecule has 0 fully saturated rings. The third kappa shape index (κ3) is 5.48. The highest BCUT2D eigenvalue weighted by Crippen LogP contribution is 2.38. The Labute approximate surface area is 203 Å². The van der Waals surface area contributed by atoms with Crippen molar-refractivity contribution in [3.05, 3.63) is 78.1 Å². The Hall–Kier alpha value is -3.79. The molecular formula is C25H25FN2O6S. The average Bonchev–Trinajstić information content (AvgIpc) is 2.86. The average molecular weight is 501 g/mol. The number of benzene rings is 3. The van der Waals surface area contributed by atoms with Gasteiger partial charge in [0.05, 0.1) is 30.8 Å². The number of fused-ring (bicyclic) bond motifs is 1. The van der Waals surface area contributed by atoms with Gasteiger partial charge in [-0.15, -0.1) is 0 Å². The fraction of sp³-hybridized carbons (Fsp3) is 0.240. The molecule has 1 heterocycles. The first-order chi connectivity index (χ1) is 16.8. The van der Waals surface area contributed by atoms with E-state index in [0.717, 1.165) is 5.56 Å². The molecule has 35 heavy (non-hydrogen) atoms. The second-order valence-corrected chi connectivity index (χ2v) is 9.75. The van der Waals surface area contributed by atoms with Crippen LogP contribution >= 0.6 is 0 Å². The zero-order chi connectivity index (χ0) is 25.0. The van der Waals surface area contributed by atoms with Gasteiger partial charge in [-0.1, -0.05) is 6.07 Å². The van der Waals surface area contributed by atoms with Crippen LogP contribution in [0.2, 0.25) is 0 Å². The minimum atomic E-state index is -3.99. The maximum absolute atomic E-state index is 13.5. The van der Waals surface area contributed by atoms with Crippen molar-refractivity contribution >= 4 is 21.6 Å². The van der Waals surface area contributed by atoms with Gasteiger partial charge in [0.25, 0.3) is 15.9 Å². The van der Waals surface area contributed by atoms with Crippen molar-refractivity contribution < 1.29 is 31.8 Å². The highest BCUT2D eigenvalue weighted by molar-refractivity contribution is 7.92. The van der Waals surface area contributed by atoms with Crippen LogP contribution in [-0.4, -0.2) is 47.2 Å². The van der Waals surface area contributed by atoms with E-state index in [4.69, 9.17) is 14.2 Å². The van der Waals surface area contributed by atoms with E-state index in [2.05, 4.69) is 5.32 Å². The lowest BCUT2D eigenvalue weighted by Crippen LogP contribution is -2.51. The Bertz CT molecular complexity index is 1300. The summed E-state index contributed by atoms with van der Waals surface area (Å²) in [6.45, 7) is 1.95. The number of methoxy groups -OCH3 is 1. The Morgan fingerprint density at radius 3 is 2.46 bits per heavy atom. The molecule has 0 spiro atoms. The Morgan fingerprint density at radius 2 is 1.77 bits per heavy atom. The molecule has 4 rings (SSSR count). The topological polar surface area (TPSA) is 94.2 Å². The number of carbonyl (C=O) groups excluding carboxylic acids is 1. The third-order valence-electron chi connectivity index (χ3n) is 5.41. The molecule has 184 valence electrons. The lowest BCUT2D eigenvalue weighted by Gasteiger charge is -2.35. The smallest absolute Gasteiger partial charge is 0.264 e. The maximum Gasteiger partial charge on any atom is 0.264 e. The largest absolute Gasteiger partial charge is 0.497 e. The molecule has 1 atom stereocenters. The number of ether oxygens (including phenoxy) is 3. The zero-order valence-corrected chi connectivity index (χ0v) is 20.0. The van der Waals surface area contributed by atoms with Crippen LogP contribution in [0.3, 0.4) is 0 Å². The number of sulfonamides is 1. The summed E-state index contributed by atoms with van der Waals surface area (Å²) in [5, 5.41) is 2.70. The number of hydrogen-bond acceptors (Lipinski definition) is 6. The van der Waals surface area contributed by atoms with Gasteiger partial charge in [-0.05, 0) is 73.2 Å². The Morgan fingerprint density at radius 1 is 1.09 bits per heavy atom. The molecule has 1 N–H and O–H groups in total. The van der Waals surface area contributed by atoms with Crippen molar-refractivity contribution in [2.24, 2.45) is 0 Å². The van der Waals surface area contributed by atoms with Crippen LogP contribution in [0.5, 0.6) is 17.2 Å². The molecule has 0 unspecified atom stereocenters. The van der Waals surface area contributed by atoms with Crippen LogP contribution < -0.4 is 23.8 Å². The van der Waals surface area contributed by atoms with Gasteiger partial charge in [0.15, 0.2) is 6.10 Å². The summed E-state index contributed by atoms with van der Waals surface area (Å²) in [7, 11) is -2.49. The number of nitrogens with one attached hydrogen (secondary N) is 1. The fourth-order valence-electron chi connectivity index (χ4n) is 3.59. The molecule has 0 saturated carbocycles. The standard InChI is InChI=1S/C25H25FN2O6S/c1-17-3-12-23-22(15-17)28(35(30,31)21-10-8-19(32-2)9-11-21)16-24(34-23)25(29)27-13-14-33-20-6-4-18(26)5-7-20/h3-12,15,24H,13-14,16H2,1-2H3,(H,27,29)/t24-/m0/s1. The lowest BCUT2D eigenvalue weighted by molar-refractivity contribution is -0.127. The number of nitrogens with zero attached hydrogens (tertiary/aromatic N) is 1. The summed E-state index contributed by atoms with van der Waals surface area (Å²) < 4.78 is 57.7. The van der Waals surface area contributed by atoms with Gasteiger partial charge in [-0.2, -0.15) is 0 Å². The molecule has 10 heteroatoms. The summed E-state index contributed by atoms with van der Waals surface area (Å²) >= 11 is 0. The van der Waals surface area contributed by atoms with E-state index in [1.807, 2.05) is 6.92 Å². The second-order valence-electron chi connectivity index (χ2n) is 7.88. The molecule has 0 bridgehead atoms. The molecule has 8 nitrogen and oxygen atoms in total. The van der Waals surface area contributed by atoms with Crippen LogP contribution in [0.15, 0.2) is 71.6 Å². The summed E-state index contributed by atoms with van der Waals surface area (Å²) in [6, 6.07) is 16.7. The zero-order valence-electron chi connectivity index (χ0n) is 19.2. The second kappa shape index (κ2) is 10.2. The molecule has 3 aromatic carbocycles. The quantitative estimate of drug-likeness (QED) is 0.477. The Balaban J connectivity index is 1.49. The van der Waals surface area contributed by atoms with E-state index in [1.54, 1.807) is 30.3 Å². The Kier molecular flexibility index (Phi) is 7.11. The minimum Gasteiger partial charge on any atom is -0.497 e. The van der Waals surface area contributed by atoms with Gasteiger partial charge in [0, 0.05) is 0 Å². The number of aryl methyl sites for hydroxylation is 1. The molecule has 3 aromatic rings. The van der Waals surface area contributed by atoms with E-state index in [1.165, 1.54) is 47.8 Å². The van der Waals surface area contributed by atoms with Gasteiger partial charge in [-0.25, -0.2) is 12.8 Å². The predicted molar refractivity (Wildman–Crippen MR) is 128 cm³/mol. The van der Waals surface area contributed by atoms with Crippen molar-refractivity contribution in [2.75, 3.05) is 31.1 Å². The molecular weight excluding hydrogens is 475 g/mol. The number of anilines is 1. The van der Waals surface area contributed by atoms with E-state index >= 15 is 0 Å². The van der Waals surface area contributed by atoms with Crippen molar-refractivity contribution in [3.63, 3.8) is 0 Å². The first-order valence-electron chi connectivity index (χ1n) is 10.9. The van der Waals surface area contributed by atoms with Gasteiger partial charge >= 0.3 is 0 Å². The van der Waals surface area contributed by atoms with Crippen LogP contribution in [0.1, 0.15) is 5.56 Å². The summed E-state index contributed by atoms with van der Waals surface area (Å²) in [6.07, 6.45) is -1.07. The first-order valence-corrected chi connectivity index (χ1v) is 12.3. The fourth-order valence-corrected chi connectivity index (χ4v) is 5.06. The molecule has 0 radical (unpaired) electrons. The van der Waals surface area contributed by atoms with Gasteiger partial charge in [0.2, 0.25) is 0 Å². The van der Waals surface area contributed by atoms with Crippen LogP contribution in [0.25, 0.3) is 0 Å². The normalized spacial score (nSPS) is 15.1. The SMILES string of the molecule is COc1ccc(S(=O)(=O)N2C[C@@H](C(=O)NCCOc3ccc(F)cc3)Oc3ccc(C)cc32)cc1. The molecule has 0 aromatic heterocycles. The molecule has 1 aliphatic rings. The van der Waals surface area contributed by atoms with E-state index in [9.17, 15) is 17.6 Å². The van der Waals surface area contributed by atoms with Crippen molar-refractivity contribution in [1.82, 2.24) is 5.32 Å². The third-order valence-corrected chi connectivity index (χ3v) is 7.20. The molecule has 0 saturated heterocycles. The minimum absolute atomic E-state index is 0.0690. The summed E-state index contributed by atoms with van der Waals surface area (Å²) in [4.78, 5) is 12.9. The highest BCUT2D eigenvalue weighted by atomic mass is 32.2. The van der Waals surface area contributed by atoms with Crippen molar-refractivity contribution in [3.8, 4) is 17.2 Å². The van der Waals surface area contributed by atoms with E-state index in [-0.39, 0.29) is 30.4 Å². The molecule has 1 amide bonds. The number of hydrogen-bond donors (Lipinski definition) is 1. The predicted octanol–water partition coefficient (Wildman–Crippen LogP) is 3.29. The molecule has 0 aliphatic carbocycles. The molecule has 1 aliphatic heterocycles.